The molecular formula is C31H31N3O4S3. The van der Waals surface area contributed by atoms with Crippen LogP contribution in [0.2, 0.25) is 0 Å². The van der Waals surface area contributed by atoms with Gasteiger partial charge in [0.05, 0.1) is 22.3 Å². The van der Waals surface area contributed by atoms with Gasteiger partial charge >= 0.3 is 5.97 Å². The van der Waals surface area contributed by atoms with Crippen molar-refractivity contribution >= 4 is 62.9 Å². The molecule has 0 bridgehead atoms. The highest BCUT2D eigenvalue weighted by molar-refractivity contribution is 8.00. The fourth-order valence-electron chi connectivity index (χ4n) is 4.66. The molecule has 10 heteroatoms. The number of anilines is 2. The zero-order valence-corrected chi connectivity index (χ0v) is 25.3. The molecule has 41 heavy (non-hydrogen) atoms. The Balaban J connectivity index is 1.27. The number of esters is 1. The van der Waals surface area contributed by atoms with Gasteiger partial charge in [0.25, 0.3) is 5.91 Å². The molecule has 3 heterocycles. The van der Waals surface area contributed by atoms with Crippen molar-refractivity contribution in [2.75, 3.05) is 23.8 Å². The predicted molar refractivity (Wildman–Crippen MR) is 167 cm³/mol. The molecule has 2 amide bonds. The molecule has 1 aliphatic heterocycles. The Hall–Kier alpha value is -3.44. The van der Waals surface area contributed by atoms with E-state index in [4.69, 9.17) is 4.74 Å². The maximum Gasteiger partial charge on any atom is 0.341 e. The predicted octanol–water partition coefficient (Wildman–Crippen LogP) is 6.92. The van der Waals surface area contributed by atoms with E-state index in [1.54, 1.807) is 13.0 Å². The first-order valence-electron chi connectivity index (χ1n) is 13.4. The largest absolute Gasteiger partial charge is 0.462 e. The van der Waals surface area contributed by atoms with Gasteiger partial charge in [-0.1, -0.05) is 42.5 Å². The number of thiophene rings is 2. The number of thioether (sulfide) groups is 1. The third kappa shape index (κ3) is 7.26. The Labute approximate surface area is 251 Å². The molecule has 212 valence electrons. The number of amides is 2. The second kappa shape index (κ2) is 13.5. The van der Waals surface area contributed by atoms with Crippen LogP contribution < -0.4 is 10.6 Å². The van der Waals surface area contributed by atoms with Gasteiger partial charge in [0, 0.05) is 35.1 Å². The van der Waals surface area contributed by atoms with E-state index in [1.165, 1.54) is 40.0 Å². The summed E-state index contributed by atoms with van der Waals surface area (Å²) >= 11 is 4.23. The molecule has 0 saturated heterocycles. The van der Waals surface area contributed by atoms with Crippen molar-refractivity contribution < 1.29 is 19.1 Å². The van der Waals surface area contributed by atoms with Gasteiger partial charge in [0.15, 0.2) is 0 Å². The second-order valence-corrected chi connectivity index (χ2v) is 13.1. The van der Waals surface area contributed by atoms with E-state index in [1.807, 2.05) is 60.8 Å². The average molecular weight is 606 g/mol. The van der Waals surface area contributed by atoms with Crippen LogP contribution in [0, 0.1) is 0 Å². The number of carbonyl (C=O) groups is 3. The SMILES string of the molecule is CCOC(=O)c1c(NC(=O)C(C)Sc2cccc(NC(=O)c3cccs3)c2)sc2c1CCN(Cc1ccccc1)C2. The standard InChI is InChI=1S/C31H31N3O4S3/c1-3-38-31(37)27-24-14-15-34(18-21-9-5-4-6-10-21)19-26(24)41-30(27)33-28(35)20(2)40-23-12-7-11-22(17-23)32-29(36)25-13-8-16-39-25/h4-13,16-17,20H,3,14-15,18-19H2,1-2H3,(H,32,36)(H,33,35). The van der Waals surface area contributed by atoms with Gasteiger partial charge in [-0.3, -0.25) is 14.5 Å². The Bertz CT molecular complexity index is 1520. The van der Waals surface area contributed by atoms with Crippen LogP contribution in [0.3, 0.4) is 0 Å². The van der Waals surface area contributed by atoms with Crippen molar-refractivity contribution in [3.8, 4) is 0 Å². The normalized spacial score (nSPS) is 13.7. The maximum absolute atomic E-state index is 13.3. The molecule has 0 fully saturated rings. The summed E-state index contributed by atoms with van der Waals surface area (Å²) in [7, 11) is 0. The number of ether oxygens (including phenoxy) is 1. The van der Waals surface area contributed by atoms with Gasteiger partial charge in [-0.25, -0.2) is 4.79 Å². The van der Waals surface area contributed by atoms with Crippen LogP contribution in [0.1, 0.15) is 49.9 Å². The highest BCUT2D eigenvalue weighted by Gasteiger charge is 2.30. The van der Waals surface area contributed by atoms with E-state index < -0.39 is 11.2 Å². The highest BCUT2D eigenvalue weighted by Crippen LogP contribution is 2.38. The summed E-state index contributed by atoms with van der Waals surface area (Å²) in [4.78, 5) is 43.7. The first kappa shape index (κ1) is 29.1. The molecule has 0 radical (unpaired) electrons. The number of nitrogens with one attached hydrogen (secondary N) is 2. The summed E-state index contributed by atoms with van der Waals surface area (Å²) in [6.45, 7) is 6.25. The number of hydrogen-bond acceptors (Lipinski definition) is 8. The monoisotopic (exact) mass is 605 g/mol. The summed E-state index contributed by atoms with van der Waals surface area (Å²) in [5, 5.41) is 7.90. The van der Waals surface area contributed by atoms with Crippen molar-refractivity contribution in [1.29, 1.82) is 0 Å². The van der Waals surface area contributed by atoms with E-state index in [9.17, 15) is 14.4 Å². The number of nitrogens with zero attached hydrogens (tertiary/aromatic N) is 1. The van der Waals surface area contributed by atoms with Crippen molar-refractivity contribution in [3.63, 3.8) is 0 Å². The van der Waals surface area contributed by atoms with Crippen molar-refractivity contribution in [1.82, 2.24) is 4.90 Å². The lowest BCUT2D eigenvalue weighted by Gasteiger charge is -2.27. The molecule has 0 saturated carbocycles. The van der Waals surface area contributed by atoms with Gasteiger partial charge in [-0.05, 0) is 61.0 Å². The van der Waals surface area contributed by atoms with Crippen LogP contribution in [-0.4, -0.2) is 41.1 Å². The number of benzene rings is 2. The fraction of sp³-hybridized carbons (Fsp3) is 0.258. The fourth-order valence-corrected chi connectivity index (χ4v) is 7.49. The quantitative estimate of drug-likeness (QED) is 0.151. The number of rotatable bonds is 10. The minimum atomic E-state index is -0.443. The third-order valence-corrected chi connectivity index (χ3v) is 9.71. The third-order valence-electron chi connectivity index (χ3n) is 6.62. The Morgan fingerprint density at radius 3 is 2.63 bits per heavy atom. The molecular weight excluding hydrogens is 575 g/mol. The van der Waals surface area contributed by atoms with Crippen LogP contribution in [-0.2, 0) is 29.0 Å². The smallest absolute Gasteiger partial charge is 0.341 e. The number of carbonyl (C=O) groups excluding carboxylic acids is 3. The number of fused-ring (bicyclic) bond motifs is 1. The van der Waals surface area contributed by atoms with Gasteiger partial charge in [0.1, 0.15) is 5.00 Å². The molecule has 7 nitrogen and oxygen atoms in total. The zero-order valence-electron chi connectivity index (χ0n) is 22.8. The Kier molecular flexibility index (Phi) is 9.56. The lowest BCUT2D eigenvalue weighted by atomic mass is 10.0. The van der Waals surface area contributed by atoms with Crippen LogP contribution >= 0.6 is 34.4 Å². The molecule has 0 spiro atoms. The van der Waals surface area contributed by atoms with Gasteiger partial charge in [0.2, 0.25) is 5.91 Å². The van der Waals surface area contributed by atoms with E-state index in [0.29, 0.717) is 27.7 Å². The highest BCUT2D eigenvalue weighted by atomic mass is 32.2. The molecule has 1 unspecified atom stereocenters. The lowest BCUT2D eigenvalue weighted by molar-refractivity contribution is -0.115. The lowest BCUT2D eigenvalue weighted by Crippen LogP contribution is -2.30. The summed E-state index contributed by atoms with van der Waals surface area (Å²) in [5.74, 6) is -0.761. The number of hydrogen-bond donors (Lipinski definition) is 2. The molecule has 5 rings (SSSR count). The van der Waals surface area contributed by atoms with Gasteiger partial charge in [-0.15, -0.1) is 34.4 Å². The minimum absolute atomic E-state index is 0.163. The van der Waals surface area contributed by atoms with Crippen molar-refractivity contribution in [2.45, 2.75) is 43.5 Å². The van der Waals surface area contributed by atoms with Gasteiger partial charge < -0.3 is 15.4 Å². The van der Waals surface area contributed by atoms with Crippen LogP contribution in [0.25, 0.3) is 0 Å². The molecule has 2 N–H and O–H groups in total. The molecule has 1 atom stereocenters. The van der Waals surface area contributed by atoms with Crippen LogP contribution in [0.4, 0.5) is 10.7 Å². The molecule has 0 aliphatic carbocycles. The van der Waals surface area contributed by atoms with Crippen LogP contribution in [0.15, 0.2) is 77.0 Å². The van der Waals surface area contributed by atoms with E-state index >= 15 is 0 Å². The van der Waals surface area contributed by atoms with Crippen molar-refractivity contribution in [2.24, 2.45) is 0 Å². The Morgan fingerprint density at radius 1 is 1.05 bits per heavy atom. The van der Waals surface area contributed by atoms with E-state index in [-0.39, 0.29) is 18.4 Å². The topological polar surface area (TPSA) is 87.7 Å². The molecule has 2 aromatic carbocycles. The Morgan fingerprint density at radius 2 is 1.88 bits per heavy atom. The summed E-state index contributed by atoms with van der Waals surface area (Å²) < 4.78 is 5.39. The average Bonchev–Trinajstić information content (AvgIpc) is 3.62. The van der Waals surface area contributed by atoms with Gasteiger partial charge in [-0.2, -0.15) is 0 Å². The zero-order chi connectivity index (χ0) is 28.8. The van der Waals surface area contributed by atoms with Crippen molar-refractivity contribution in [3.05, 3.63) is 98.6 Å². The first-order chi connectivity index (χ1) is 19.9. The minimum Gasteiger partial charge on any atom is -0.462 e. The molecule has 4 aromatic rings. The molecule has 1 aliphatic rings. The first-order valence-corrected chi connectivity index (χ1v) is 16.0. The van der Waals surface area contributed by atoms with E-state index in [2.05, 4.69) is 27.7 Å². The second-order valence-electron chi connectivity index (χ2n) is 9.58. The summed E-state index contributed by atoms with van der Waals surface area (Å²) in [6, 6.07) is 21.4. The van der Waals surface area contributed by atoms with Crippen LogP contribution in [0.5, 0.6) is 0 Å². The summed E-state index contributed by atoms with van der Waals surface area (Å²) in [6.07, 6.45) is 0.719. The molecule has 2 aromatic heterocycles. The maximum atomic E-state index is 13.3. The summed E-state index contributed by atoms with van der Waals surface area (Å²) in [5.41, 5.74) is 3.36. The van der Waals surface area contributed by atoms with E-state index in [0.717, 1.165) is 34.8 Å².